The van der Waals surface area contributed by atoms with Gasteiger partial charge in [0.15, 0.2) is 11.6 Å². The highest BCUT2D eigenvalue weighted by molar-refractivity contribution is 6.15. The second kappa shape index (κ2) is 8.28. The number of nitrogens with zero attached hydrogens (tertiary/aromatic N) is 1. The molecule has 0 fully saturated rings. The third-order valence-electron chi connectivity index (χ3n) is 3.20. The molecule has 2 aromatic rings. The van der Waals surface area contributed by atoms with Crippen molar-refractivity contribution in [3.63, 3.8) is 0 Å². The van der Waals surface area contributed by atoms with Gasteiger partial charge in [0.1, 0.15) is 23.0 Å². The summed E-state index contributed by atoms with van der Waals surface area (Å²) in [5.41, 5.74) is -1.58. The van der Waals surface area contributed by atoms with Gasteiger partial charge < -0.3 is 9.84 Å². The molecule has 0 saturated heterocycles. The molecule has 0 atom stereocenters. The van der Waals surface area contributed by atoms with E-state index < -0.39 is 46.1 Å². The van der Waals surface area contributed by atoms with Gasteiger partial charge in [-0.25, -0.2) is 22.4 Å². The summed E-state index contributed by atoms with van der Waals surface area (Å²) in [5, 5.41) is 10.2. The predicted octanol–water partition coefficient (Wildman–Crippen LogP) is 4.48. The van der Waals surface area contributed by atoms with E-state index in [1.54, 1.807) is 0 Å². The molecule has 0 heterocycles. The van der Waals surface area contributed by atoms with Crippen molar-refractivity contribution in [3.8, 4) is 0 Å². The lowest BCUT2D eigenvalue weighted by Crippen LogP contribution is -2.12. The molecule has 0 aliphatic carbocycles. The second-order valence-corrected chi connectivity index (χ2v) is 4.94. The fourth-order valence-corrected chi connectivity index (χ4v) is 1.96. The van der Waals surface area contributed by atoms with Crippen molar-refractivity contribution in [1.29, 1.82) is 0 Å². The number of carbonyl (C=O) groups is 1. The Balaban J connectivity index is 2.56. The van der Waals surface area contributed by atoms with Crippen molar-refractivity contribution in [3.05, 3.63) is 70.8 Å². The maximum absolute atomic E-state index is 13.9. The number of aliphatic hydroxyl groups is 1. The molecule has 0 amide bonds. The number of para-hydroxylation sites is 1. The zero-order valence-corrected chi connectivity index (χ0v) is 13.5. The van der Waals surface area contributed by atoms with Crippen molar-refractivity contribution in [2.75, 3.05) is 6.61 Å². The van der Waals surface area contributed by atoms with Crippen molar-refractivity contribution in [2.24, 2.45) is 4.99 Å². The first-order valence-corrected chi connectivity index (χ1v) is 7.39. The molecule has 136 valence electrons. The molecule has 8 heteroatoms. The van der Waals surface area contributed by atoms with Gasteiger partial charge in [0.05, 0.1) is 17.9 Å². The average molecular weight is 367 g/mol. The lowest BCUT2D eigenvalue weighted by atomic mass is 10.1. The molecule has 0 aromatic heterocycles. The van der Waals surface area contributed by atoms with Crippen molar-refractivity contribution >= 4 is 23.6 Å². The molecule has 0 radical (unpaired) electrons. The quantitative estimate of drug-likeness (QED) is 0.212. The van der Waals surface area contributed by atoms with Gasteiger partial charge in [-0.3, -0.25) is 4.99 Å². The van der Waals surface area contributed by atoms with Crippen LogP contribution in [0.25, 0.3) is 5.76 Å². The van der Waals surface area contributed by atoms with E-state index in [1.807, 2.05) is 0 Å². The number of aliphatic hydroxyl groups excluding tert-OH is 1. The van der Waals surface area contributed by atoms with Crippen LogP contribution in [-0.4, -0.2) is 23.9 Å². The maximum atomic E-state index is 13.9. The largest absolute Gasteiger partial charge is 0.506 e. The number of rotatable bonds is 5. The molecule has 0 aliphatic heterocycles. The van der Waals surface area contributed by atoms with Crippen molar-refractivity contribution in [2.45, 2.75) is 6.92 Å². The topological polar surface area (TPSA) is 58.9 Å². The van der Waals surface area contributed by atoms with Gasteiger partial charge in [-0.05, 0) is 25.1 Å². The number of benzene rings is 2. The number of halogens is 4. The summed E-state index contributed by atoms with van der Waals surface area (Å²) in [6.07, 6.45) is 0.756. The third kappa shape index (κ3) is 4.27. The highest BCUT2D eigenvalue weighted by Gasteiger charge is 2.21. The van der Waals surface area contributed by atoms with Crippen LogP contribution in [-0.2, 0) is 9.53 Å². The summed E-state index contributed by atoms with van der Waals surface area (Å²) in [6, 6.07) is 5.93. The van der Waals surface area contributed by atoms with E-state index >= 15 is 0 Å². The minimum Gasteiger partial charge on any atom is -0.506 e. The van der Waals surface area contributed by atoms with Crippen LogP contribution in [0.1, 0.15) is 12.5 Å². The first-order valence-electron chi connectivity index (χ1n) is 7.39. The molecule has 2 rings (SSSR count). The van der Waals surface area contributed by atoms with Gasteiger partial charge in [0.25, 0.3) is 0 Å². The molecule has 0 aliphatic rings. The van der Waals surface area contributed by atoms with E-state index in [9.17, 15) is 27.5 Å². The maximum Gasteiger partial charge on any atom is 0.343 e. The monoisotopic (exact) mass is 367 g/mol. The summed E-state index contributed by atoms with van der Waals surface area (Å²) in [6.45, 7) is 1.40. The first kappa shape index (κ1) is 19.2. The highest BCUT2D eigenvalue weighted by atomic mass is 19.2. The van der Waals surface area contributed by atoms with Crippen LogP contribution in [0.2, 0.25) is 0 Å². The minimum absolute atomic E-state index is 0.0799. The molecule has 0 unspecified atom stereocenters. The number of carbonyl (C=O) groups excluding carboxylic acids is 1. The molecular formula is C18H13F4NO3. The van der Waals surface area contributed by atoms with E-state index in [2.05, 4.69) is 4.99 Å². The van der Waals surface area contributed by atoms with Crippen LogP contribution in [0.15, 0.2) is 47.0 Å². The van der Waals surface area contributed by atoms with Crippen LogP contribution < -0.4 is 0 Å². The van der Waals surface area contributed by atoms with E-state index in [4.69, 9.17) is 4.74 Å². The van der Waals surface area contributed by atoms with E-state index in [-0.39, 0.29) is 18.4 Å². The molecule has 2 aromatic carbocycles. The van der Waals surface area contributed by atoms with Crippen molar-refractivity contribution < 1.29 is 32.2 Å². The standard InChI is InChI=1S/C18H13F4NO3/c1-2-26-18(25)11(9-23-16-6-4-3-5-12(16)19)17(24)10-7-14(21)15(22)8-13(10)20/h3-9,24H,2H2,1H3/b17-11-,23-9?. The summed E-state index contributed by atoms with van der Waals surface area (Å²) in [7, 11) is 0. The van der Waals surface area contributed by atoms with Crippen LogP contribution in [0.4, 0.5) is 23.2 Å². The Bertz CT molecular complexity index is 894. The number of hydrogen-bond donors (Lipinski definition) is 1. The Morgan fingerprint density at radius 2 is 1.73 bits per heavy atom. The number of esters is 1. The van der Waals surface area contributed by atoms with Gasteiger partial charge >= 0.3 is 5.97 Å². The zero-order chi connectivity index (χ0) is 19.3. The van der Waals surface area contributed by atoms with E-state index in [0.29, 0.717) is 6.07 Å². The predicted molar refractivity (Wildman–Crippen MR) is 87.0 cm³/mol. The second-order valence-electron chi connectivity index (χ2n) is 4.94. The number of hydrogen-bond acceptors (Lipinski definition) is 4. The van der Waals surface area contributed by atoms with E-state index in [1.165, 1.54) is 25.1 Å². The third-order valence-corrected chi connectivity index (χ3v) is 3.20. The van der Waals surface area contributed by atoms with Gasteiger partial charge in [0.2, 0.25) is 0 Å². The van der Waals surface area contributed by atoms with Gasteiger partial charge in [0, 0.05) is 12.3 Å². The lowest BCUT2D eigenvalue weighted by molar-refractivity contribution is -0.137. The van der Waals surface area contributed by atoms with Gasteiger partial charge in [-0.1, -0.05) is 12.1 Å². The molecular weight excluding hydrogens is 354 g/mol. The molecule has 1 N–H and O–H groups in total. The fraction of sp³-hybridized carbons (Fsp3) is 0.111. The smallest absolute Gasteiger partial charge is 0.343 e. The SMILES string of the molecule is CCOC(=O)/C(C=Nc1ccccc1F)=C(\O)c1cc(F)c(F)cc1F. The fourth-order valence-electron chi connectivity index (χ4n) is 1.96. The molecule has 4 nitrogen and oxygen atoms in total. The van der Waals surface area contributed by atoms with Crippen LogP contribution in [0.5, 0.6) is 0 Å². The van der Waals surface area contributed by atoms with Gasteiger partial charge in [-0.2, -0.15) is 0 Å². The molecule has 0 bridgehead atoms. The molecule has 26 heavy (non-hydrogen) atoms. The van der Waals surface area contributed by atoms with E-state index in [0.717, 1.165) is 12.3 Å². The summed E-state index contributed by atoms with van der Waals surface area (Å²) in [4.78, 5) is 15.7. The van der Waals surface area contributed by atoms with Crippen LogP contribution in [0, 0.1) is 23.3 Å². The molecule has 0 spiro atoms. The Morgan fingerprint density at radius 3 is 2.38 bits per heavy atom. The zero-order valence-electron chi connectivity index (χ0n) is 13.5. The summed E-state index contributed by atoms with van der Waals surface area (Å²) < 4.78 is 58.6. The normalized spacial score (nSPS) is 12.2. The number of ether oxygens (including phenoxy) is 1. The Labute approximate surface area is 146 Å². The molecule has 0 saturated carbocycles. The lowest BCUT2D eigenvalue weighted by Gasteiger charge is -2.08. The summed E-state index contributed by atoms with van der Waals surface area (Å²) >= 11 is 0. The Kier molecular flexibility index (Phi) is 6.11. The van der Waals surface area contributed by atoms with Gasteiger partial charge in [-0.15, -0.1) is 0 Å². The van der Waals surface area contributed by atoms with Crippen LogP contribution in [0.3, 0.4) is 0 Å². The highest BCUT2D eigenvalue weighted by Crippen LogP contribution is 2.23. The summed E-state index contributed by atoms with van der Waals surface area (Å²) in [5.74, 6) is -7.03. The number of aliphatic imine (C=N–C) groups is 1. The Morgan fingerprint density at radius 1 is 1.08 bits per heavy atom. The Hall–Kier alpha value is -3.16. The minimum atomic E-state index is -1.46. The first-order chi connectivity index (χ1) is 12.3. The average Bonchev–Trinajstić information content (AvgIpc) is 2.60. The van der Waals surface area contributed by atoms with Crippen molar-refractivity contribution in [1.82, 2.24) is 0 Å². The van der Waals surface area contributed by atoms with Crippen LogP contribution >= 0.6 is 0 Å².